The Hall–Kier alpha value is -3.57. The minimum atomic E-state index is -3.72. The zero-order valence-electron chi connectivity index (χ0n) is 17.9. The minimum absolute atomic E-state index is 0.126. The van der Waals surface area contributed by atoms with E-state index >= 15 is 0 Å². The Kier molecular flexibility index (Phi) is 5.22. The lowest BCUT2D eigenvalue weighted by atomic mass is 10.1. The molecule has 11 heteroatoms. The summed E-state index contributed by atoms with van der Waals surface area (Å²) in [6.45, 7) is 0.451. The summed E-state index contributed by atoms with van der Waals surface area (Å²) in [5.74, 6) is 0.617. The molecule has 9 nitrogen and oxygen atoms in total. The zero-order chi connectivity index (χ0) is 23.2. The summed E-state index contributed by atoms with van der Waals surface area (Å²) in [5, 5.41) is 12.7. The van der Waals surface area contributed by atoms with Gasteiger partial charge in [0.2, 0.25) is 15.9 Å². The molecule has 0 fully saturated rings. The highest BCUT2D eigenvalue weighted by atomic mass is 32.2. The van der Waals surface area contributed by atoms with Crippen LogP contribution in [0.1, 0.15) is 11.3 Å². The fourth-order valence-corrected chi connectivity index (χ4v) is 5.28. The number of fused-ring (bicyclic) bond motifs is 1. The number of aromatic nitrogens is 4. The van der Waals surface area contributed by atoms with Crippen LogP contribution in [0.25, 0.3) is 23.0 Å². The first-order valence-corrected chi connectivity index (χ1v) is 11.6. The summed E-state index contributed by atoms with van der Waals surface area (Å²) >= 11 is 0. The first-order valence-electron chi connectivity index (χ1n) is 10.2. The van der Waals surface area contributed by atoms with E-state index in [-0.39, 0.29) is 29.0 Å². The average Bonchev–Trinajstić information content (AvgIpc) is 3.44. The van der Waals surface area contributed by atoms with Gasteiger partial charge in [-0.05, 0) is 48.5 Å². The third kappa shape index (κ3) is 3.79. The summed E-state index contributed by atoms with van der Waals surface area (Å²) in [5.41, 5.74) is 2.63. The Morgan fingerprint density at radius 2 is 1.73 bits per heavy atom. The van der Waals surface area contributed by atoms with Crippen LogP contribution < -0.4 is 4.74 Å². The van der Waals surface area contributed by atoms with Crippen LogP contribution in [0.15, 0.2) is 57.8 Å². The Morgan fingerprint density at radius 1 is 1.03 bits per heavy atom. The molecule has 0 bridgehead atoms. The zero-order valence-corrected chi connectivity index (χ0v) is 18.7. The van der Waals surface area contributed by atoms with Crippen molar-refractivity contribution in [2.24, 2.45) is 7.05 Å². The number of hydrogen-bond acceptors (Lipinski definition) is 7. The summed E-state index contributed by atoms with van der Waals surface area (Å²) < 4.78 is 53.8. The number of methoxy groups -OCH3 is 1. The Morgan fingerprint density at radius 3 is 2.42 bits per heavy atom. The number of halogens is 1. The van der Waals surface area contributed by atoms with Crippen molar-refractivity contribution in [2.45, 2.75) is 17.9 Å². The maximum absolute atomic E-state index is 13.2. The first kappa shape index (κ1) is 21.3. The molecule has 0 radical (unpaired) electrons. The number of sulfonamides is 1. The van der Waals surface area contributed by atoms with Gasteiger partial charge in [0.1, 0.15) is 11.6 Å². The van der Waals surface area contributed by atoms with Crippen LogP contribution in [0, 0.1) is 5.82 Å². The van der Waals surface area contributed by atoms with Crippen molar-refractivity contribution >= 4 is 10.0 Å². The molecule has 4 aromatic rings. The molecule has 0 N–H and O–H groups in total. The van der Waals surface area contributed by atoms with E-state index < -0.39 is 10.0 Å². The van der Waals surface area contributed by atoms with Crippen LogP contribution >= 0.6 is 0 Å². The van der Waals surface area contributed by atoms with Crippen LogP contribution in [0.3, 0.4) is 0 Å². The lowest BCUT2D eigenvalue weighted by Crippen LogP contribution is -2.36. The van der Waals surface area contributed by atoms with E-state index in [0.717, 1.165) is 11.3 Å². The summed E-state index contributed by atoms with van der Waals surface area (Å²) in [6, 6.07) is 12.0. The quantitative estimate of drug-likeness (QED) is 0.443. The maximum Gasteiger partial charge on any atom is 0.268 e. The van der Waals surface area contributed by atoms with Crippen LogP contribution in [0.2, 0.25) is 0 Å². The molecular formula is C22H20FN5O4S. The van der Waals surface area contributed by atoms with Gasteiger partial charge >= 0.3 is 0 Å². The molecule has 1 aliphatic rings. The van der Waals surface area contributed by atoms with Crippen LogP contribution in [0.4, 0.5) is 4.39 Å². The molecule has 170 valence electrons. The van der Waals surface area contributed by atoms with Gasteiger partial charge in [0.25, 0.3) is 5.89 Å². The highest BCUT2D eigenvalue weighted by molar-refractivity contribution is 7.89. The van der Waals surface area contributed by atoms with Crippen LogP contribution in [0.5, 0.6) is 5.75 Å². The van der Waals surface area contributed by atoms with E-state index in [1.807, 2.05) is 0 Å². The highest BCUT2D eigenvalue weighted by Crippen LogP contribution is 2.33. The molecule has 0 amide bonds. The molecular weight excluding hydrogens is 449 g/mol. The van der Waals surface area contributed by atoms with Gasteiger partial charge in [0.05, 0.1) is 12.0 Å². The maximum atomic E-state index is 13.2. The van der Waals surface area contributed by atoms with Gasteiger partial charge in [-0.1, -0.05) is 0 Å². The molecule has 2 aromatic carbocycles. The number of hydrogen-bond donors (Lipinski definition) is 0. The van der Waals surface area contributed by atoms with Crippen molar-refractivity contribution in [3.63, 3.8) is 0 Å². The standard InChI is InChI=1S/C22H20FN5O4S/c1-27-19-11-12-28(33(29,30)17-9-7-16(31-2)8-10-17)13-18(19)20(26-27)22-25-24-21(32-22)14-3-5-15(23)6-4-14/h3-10H,11-13H2,1-2H3. The van der Waals surface area contributed by atoms with Gasteiger partial charge in [-0.15, -0.1) is 10.2 Å². The van der Waals surface area contributed by atoms with Crippen LogP contribution in [-0.4, -0.2) is 46.4 Å². The monoisotopic (exact) mass is 469 g/mol. The largest absolute Gasteiger partial charge is 0.497 e. The second kappa shape index (κ2) is 8.09. The average molecular weight is 469 g/mol. The van der Waals surface area contributed by atoms with Gasteiger partial charge < -0.3 is 9.15 Å². The molecule has 5 rings (SSSR count). The fraction of sp³-hybridized carbons (Fsp3) is 0.227. The Labute approximate surface area is 189 Å². The molecule has 0 saturated carbocycles. The number of benzene rings is 2. The van der Waals surface area contributed by atoms with E-state index in [2.05, 4.69) is 15.3 Å². The Bertz CT molecular complexity index is 1410. The van der Waals surface area contributed by atoms with E-state index in [1.54, 1.807) is 36.0 Å². The molecule has 33 heavy (non-hydrogen) atoms. The van der Waals surface area contributed by atoms with E-state index in [1.165, 1.54) is 35.7 Å². The summed E-state index contributed by atoms with van der Waals surface area (Å²) in [6.07, 6.45) is 0.493. The lowest BCUT2D eigenvalue weighted by Gasteiger charge is -2.26. The van der Waals surface area contributed by atoms with Gasteiger partial charge in [-0.25, -0.2) is 12.8 Å². The molecule has 0 unspecified atom stereocenters. The van der Waals surface area contributed by atoms with E-state index in [4.69, 9.17) is 9.15 Å². The lowest BCUT2D eigenvalue weighted by molar-refractivity contribution is 0.385. The highest BCUT2D eigenvalue weighted by Gasteiger charge is 2.33. The van der Waals surface area contributed by atoms with Crippen molar-refractivity contribution in [3.05, 3.63) is 65.6 Å². The minimum Gasteiger partial charge on any atom is -0.497 e. The Balaban J connectivity index is 1.47. The smallest absolute Gasteiger partial charge is 0.268 e. The van der Waals surface area contributed by atoms with Crippen molar-refractivity contribution in [1.29, 1.82) is 0 Å². The molecule has 0 aliphatic carbocycles. The first-order chi connectivity index (χ1) is 15.9. The summed E-state index contributed by atoms with van der Waals surface area (Å²) in [4.78, 5) is 0.188. The molecule has 2 aromatic heterocycles. The van der Waals surface area contributed by atoms with Crippen molar-refractivity contribution in [1.82, 2.24) is 24.3 Å². The third-order valence-electron chi connectivity index (χ3n) is 5.62. The van der Waals surface area contributed by atoms with Crippen molar-refractivity contribution < 1.29 is 22.0 Å². The SMILES string of the molecule is COc1ccc(S(=O)(=O)N2CCc3c(c(-c4nnc(-c5ccc(F)cc5)o4)nn3C)C2)cc1. The van der Waals surface area contributed by atoms with Crippen molar-refractivity contribution in [3.8, 4) is 28.8 Å². The third-order valence-corrected chi connectivity index (χ3v) is 7.48. The molecule has 3 heterocycles. The number of ether oxygens (including phenoxy) is 1. The number of rotatable bonds is 5. The topological polar surface area (TPSA) is 103 Å². The second-order valence-corrected chi connectivity index (χ2v) is 9.52. The molecule has 0 atom stereocenters. The van der Waals surface area contributed by atoms with E-state index in [0.29, 0.717) is 30.0 Å². The van der Waals surface area contributed by atoms with Gasteiger partial charge in [-0.2, -0.15) is 9.40 Å². The van der Waals surface area contributed by atoms with Gasteiger partial charge in [0, 0.05) is 43.4 Å². The number of nitrogens with zero attached hydrogens (tertiary/aromatic N) is 5. The number of aryl methyl sites for hydroxylation is 1. The normalized spacial score (nSPS) is 14.3. The fourth-order valence-electron chi connectivity index (χ4n) is 3.87. The van der Waals surface area contributed by atoms with Crippen molar-refractivity contribution in [2.75, 3.05) is 13.7 Å². The van der Waals surface area contributed by atoms with E-state index in [9.17, 15) is 12.8 Å². The molecule has 0 spiro atoms. The predicted molar refractivity (Wildman–Crippen MR) is 116 cm³/mol. The molecule has 0 saturated heterocycles. The van der Waals surface area contributed by atoms with Gasteiger partial charge in [0.15, 0.2) is 5.69 Å². The predicted octanol–water partition coefficient (Wildman–Crippen LogP) is 3.03. The van der Waals surface area contributed by atoms with Gasteiger partial charge in [-0.3, -0.25) is 4.68 Å². The second-order valence-electron chi connectivity index (χ2n) is 7.58. The summed E-state index contributed by atoms with van der Waals surface area (Å²) in [7, 11) is -0.397. The van der Waals surface area contributed by atoms with Crippen LogP contribution in [-0.2, 0) is 30.0 Å². The molecule has 1 aliphatic heterocycles.